The van der Waals surface area contributed by atoms with Crippen LogP contribution >= 0.6 is 11.8 Å². The second-order valence-electron chi connectivity index (χ2n) is 7.85. The Kier molecular flexibility index (Phi) is 6.12. The first kappa shape index (κ1) is 23.7. The van der Waals surface area contributed by atoms with Crippen molar-refractivity contribution in [2.75, 3.05) is 4.90 Å². The zero-order chi connectivity index (χ0) is 26.1. The van der Waals surface area contributed by atoms with E-state index in [9.17, 15) is 29.8 Å². The summed E-state index contributed by atoms with van der Waals surface area (Å²) < 4.78 is 5.71. The zero-order valence-electron chi connectivity index (χ0n) is 18.8. The molecule has 1 heterocycles. The molecule has 10 nitrogen and oxygen atoms in total. The number of carbonyl (C=O) groups excluding carboxylic acids is 2. The standard InChI is InChI=1S/C26H15N3O7S/c30-25-23-14-9-20(36-19-7-1-17(2-8-19)28(32)33)15-24(23)26(31)27(25)16-3-10-21(11-4-16)37-22-12-5-18(6-13-22)29(34)35/h1-15H. The highest BCUT2D eigenvalue weighted by atomic mass is 32.2. The van der Waals surface area contributed by atoms with Crippen molar-refractivity contribution in [2.45, 2.75) is 9.79 Å². The van der Waals surface area contributed by atoms with Crippen LogP contribution in [-0.4, -0.2) is 21.7 Å². The molecule has 0 aromatic heterocycles. The SMILES string of the molecule is O=C1c2ccc(Oc3ccc([N+](=O)[O-])cc3)cc2C(=O)N1c1ccc(Sc2ccc([N+](=O)[O-])cc2)cc1. The van der Waals surface area contributed by atoms with Gasteiger partial charge in [-0.15, -0.1) is 0 Å². The van der Waals surface area contributed by atoms with Crippen LogP contribution in [0.25, 0.3) is 0 Å². The van der Waals surface area contributed by atoms with Gasteiger partial charge in [0.1, 0.15) is 11.5 Å². The summed E-state index contributed by atoms with van der Waals surface area (Å²) in [7, 11) is 0. The van der Waals surface area contributed by atoms with E-state index < -0.39 is 21.7 Å². The molecule has 4 aromatic rings. The second-order valence-corrected chi connectivity index (χ2v) is 9.00. The molecule has 182 valence electrons. The van der Waals surface area contributed by atoms with Crippen LogP contribution in [0.4, 0.5) is 17.1 Å². The number of rotatable bonds is 7. The van der Waals surface area contributed by atoms with Crippen LogP contribution in [0, 0.1) is 20.2 Å². The van der Waals surface area contributed by atoms with E-state index in [-0.39, 0.29) is 22.5 Å². The highest BCUT2D eigenvalue weighted by molar-refractivity contribution is 7.99. The Hall–Kier alpha value is -5.03. The Labute approximate surface area is 213 Å². The Balaban J connectivity index is 1.31. The van der Waals surface area contributed by atoms with E-state index in [1.165, 1.54) is 60.3 Å². The molecule has 0 unspecified atom stereocenters. The number of hydrogen-bond donors (Lipinski definition) is 0. The number of hydrogen-bond acceptors (Lipinski definition) is 8. The van der Waals surface area contributed by atoms with Crippen molar-refractivity contribution >= 4 is 40.6 Å². The number of non-ortho nitro benzene ring substituents is 2. The summed E-state index contributed by atoms with van der Waals surface area (Å²) in [6.07, 6.45) is 0. The largest absolute Gasteiger partial charge is 0.457 e. The molecule has 5 rings (SSSR count). The summed E-state index contributed by atoms with van der Waals surface area (Å²) in [5, 5.41) is 21.6. The van der Waals surface area contributed by atoms with Crippen LogP contribution in [0.15, 0.2) is 101 Å². The fourth-order valence-corrected chi connectivity index (χ4v) is 4.54. The average Bonchev–Trinajstić information content (AvgIpc) is 3.14. The Morgan fingerprint density at radius 1 is 0.622 bits per heavy atom. The van der Waals surface area contributed by atoms with Crippen LogP contribution in [0.5, 0.6) is 11.5 Å². The van der Waals surface area contributed by atoms with Crippen molar-refractivity contribution < 1.29 is 24.2 Å². The third-order valence-corrected chi connectivity index (χ3v) is 6.54. The minimum absolute atomic E-state index is 0.00613. The molecule has 37 heavy (non-hydrogen) atoms. The van der Waals surface area contributed by atoms with Gasteiger partial charge in [-0.1, -0.05) is 11.8 Å². The topological polar surface area (TPSA) is 133 Å². The number of imide groups is 1. The molecule has 1 aliphatic heterocycles. The molecule has 0 saturated carbocycles. The Morgan fingerprint density at radius 3 is 1.68 bits per heavy atom. The van der Waals surface area contributed by atoms with E-state index in [0.29, 0.717) is 17.2 Å². The summed E-state index contributed by atoms with van der Waals surface area (Å²) in [5.41, 5.74) is 0.762. The number of benzene rings is 4. The van der Waals surface area contributed by atoms with Crippen LogP contribution < -0.4 is 9.64 Å². The fourth-order valence-electron chi connectivity index (χ4n) is 3.73. The summed E-state index contributed by atoms with van der Waals surface area (Å²) in [5.74, 6) is -0.298. The summed E-state index contributed by atoms with van der Waals surface area (Å²) >= 11 is 1.39. The van der Waals surface area contributed by atoms with Crippen molar-refractivity contribution in [3.63, 3.8) is 0 Å². The molecule has 2 amide bonds. The molecule has 0 fully saturated rings. The van der Waals surface area contributed by atoms with Crippen LogP contribution in [-0.2, 0) is 0 Å². The second kappa shape index (κ2) is 9.55. The number of nitro benzene ring substituents is 2. The van der Waals surface area contributed by atoms with Gasteiger partial charge in [0, 0.05) is 34.1 Å². The highest BCUT2D eigenvalue weighted by Gasteiger charge is 2.37. The first-order chi connectivity index (χ1) is 17.8. The summed E-state index contributed by atoms with van der Waals surface area (Å²) in [4.78, 5) is 49.5. The molecule has 0 saturated heterocycles. The van der Waals surface area contributed by atoms with E-state index in [1.807, 2.05) is 0 Å². The van der Waals surface area contributed by atoms with E-state index in [1.54, 1.807) is 42.5 Å². The van der Waals surface area contributed by atoms with Crippen LogP contribution in [0.3, 0.4) is 0 Å². The third kappa shape index (κ3) is 4.75. The van der Waals surface area contributed by atoms with Gasteiger partial charge in [0.25, 0.3) is 23.2 Å². The first-order valence-electron chi connectivity index (χ1n) is 10.8. The van der Waals surface area contributed by atoms with Gasteiger partial charge in [-0.3, -0.25) is 29.8 Å². The monoisotopic (exact) mass is 513 g/mol. The number of nitro groups is 2. The van der Waals surface area contributed by atoms with Gasteiger partial charge in [0.2, 0.25) is 0 Å². The lowest BCUT2D eigenvalue weighted by molar-refractivity contribution is -0.385. The highest BCUT2D eigenvalue weighted by Crippen LogP contribution is 2.35. The number of ether oxygens (including phenoxy) is 1. The zero-order valence-corrected chi connectivity index (χ0v) is 19.6. The van der Waals surface area contributed by atoms with Crippen molar-refractivity contribution in [3.8, 4) is 11.5 Å². The predicted octanol–water partition coefficient (Wildman–Crippen LogP) is 6.25. The lowest BCUT2D eigenvalue weighted by atomic mass is 10.1. The minimum atomic E-state index is -0.515. The van der Waals surface area contributed by atoms with Crippen LogP contribution in [0.2, 0.25) is 0 Å². The maximum Gasteiger partial charge on any atom is 0.269 e. The first-order valence-corrected chi connectivity index (χ1v) is 11.6. The summed E-state index contributed by atoms with van der Waals surface area (Å²) in [6, 6.07) is 23.0. The lowest BCUT2D eigenvalue weighted by Gasteiger charge is -2.14. The molecule has 4 aromatic carbocycles. The molecule has 0 N–H and O–H groups in total. The maximum absolute atomic E-state index is 13.1. The quantitative estimate of drug-likeness (QED) is 0.161. The maximum atomic E-state index is 13.1. The van der Waals surface area contributed by atoms with Crippen molar-refractivity contribution in [1.29, 1.82) is 0 Å². The van der Waals surface area contributed by atoms with Crippen LogP contribution in [0.1, 0.15) is 20.7 Å². The smallest absolute Gasteiger partial charge is 0.269 e. The van der Waals surface area contributed by atoms with E-state index in [0.717, 1.165) is 14.7 Å². The average molecular weight is 513 g/mol. The van der Waals surface area contributed by atoms with Crippen molar-refractivity contribution in [1.82, 2.24) is 0 Å². The molecule has 0 atom stereocenters. The summed E-state index contributed by atoms with van der Waals surface area (Å²) in [6.45, 7) is 0. The Bertz CT molecular complexity index is 1550. The molecule has 0 radical (unpaired) electrons. The molecule has 1 aliphatic rings. The number of nitrogens with zero attached hydrogens (tertiary/aromatic N) is 3. The number of carbonyl (C=O) groups is 2. The van der Waals surface area contributed by atoms with Gasteiger partial charge in [0.15, 0.2) is 0 Å². The van der Waals surface area contributed by atoms with E-state index in [4.69, 9.17) is 4.74 Å². The predicted molar refractivity (Wildman–Crippen MR) is 134 cm³/mol. The lowest BCUT2D eigenvalue weighted by Crippen LogP contribution is -2.29. The van der Waals surface area contributed by atoms with Gasteiger partial charge in [-0.25, -0.2) is 4.90 Å². The molecule has 0 bridgehead atoms. The van der Waals surface area contributed by atoms with Gasteiger partial charge >= 0.3 is 0 Å². The van der Waals surface area contributed by atoms with Crippen molar-refractivity contribution in [2.24, 2.45) is 0 Å². The number of fused-ring (bicyclic) bond motifs is 1. The fraction of sp³-hybridized carbons (Fsp3) is 0. The molecular formula is C26H15N3O7S. The molecule has 0 spiro atoms. The molecule has 0 aliphatic carbocycles. The van der Waals surface area contributed by atoms with E-state index >= 15 is 0 Å². The van der Waals surface area contributed by atoms with Gasteiger partial charge < -0.3 is 4.74 Å². The van der Waals surface area contributed by atoms with Gasteiger partial charge in [0.05, 0.1) is 26.7 Å². The third-order valence-electron chi connectivity index (χ3n) is 5.52. The normalized spacial score (nSPS) is 12.4. The molecular weight excluding hydrogens is 498 g/mol. The van der Waals surface area contributed by atoms with E-state index in [2.05, 4.69) is 0 Å². The number of amides is 2. The van der Waals surface area contributed by atoms with Gasteiger partial charge in [-0.05, 0) is 66.7 Å². The Morgan fingerprint density at radius 2 is 1.11 bits per heavy atom. The molecule has 11 heteroatoms. The van der Waals surface area contributed by atoms with Gasteiger partial charge in [-0.2, -0.15) is 0 Å². The number of anilines is 1. The van der Waals surface area contributed by atoms with Crippen molar-refractivity contribution in [3.05, 3.63) is 122 Å². The minimum Gasteiger partial charge on any atom is -0.457 e.